The van der Waals surface area contributed by atoms with Crippen molar-refractivity contribution < 1.29 is 14.3 Å². The lowest BCUT2D eigenvalue weighted by Gasteiger charge is -2.21. The number of carbonyl (C=O) groups excluding carboxylic acids is 1. The van der Waals surface area contributed by atoms with Crippen molar-refractivity contribution in [1.29, 1.82) is 0 Å². The van der Waals surface area contributed by atoms with Gasteiger partial charge in [-0.3, -0.25) is 4.79 Å². The van der Waals surface area contributed by atoms with Crippen LogP contribution in [0.1, 0.15) is 44.9 Å². The largest absolute Gasteiger partial charge is 0.463 e. The Labute approximate surface area is 109 Å². The molecule has 0 N–H and O–H groups in total. The van der Waals surface area contributed by atoms with E-state index in [4.69, 9.17) is 9.47 Å². The highest BCUT2D eigenvalue weighted by atomic mass is 16.6. The second-order valence-electron chi connectivity index (χ2n) is 5.93. The van der Waals surface area contributed by atoms with E-state index in [0.717, 1.165) is 19.3 Å². The fraction of sp³-hybridized carbons (Fsp3) is 0.800. The van der Waals surface area contributed by atoms with E-state index in [-0.39, 0.29) is 11.4 Å². The summed E-state index contributed by atoms with van der Waals surface area (Å²) in [5.74, 6) is 0.584. The first-order chi connectivity index (χ1) is 8.78. The van der Waals surface area contributed by atoms with E-state index in [0.29, 0.717) is 25.2 Å². The smallest absolute Gasteiger partial charge is 0.316 e. The minimum Gasteiger partial charge on any atom is -0.463 e. The second kappa shape index (κ2) is 5.04. The summed E-state index contributed by atoms with van der Waals surface area (Å²) >= 11 is 0. The normalized spacial score (nSPS) is 34.3. The number of esters is 1. The Kier molecular flexibility index (Phi) is 3.42. The van der Waals surface area contributed by atoms with Crippen LogP contribution < -0.4 is 0 Å². The van der Waals surface area contributed by atoms with Gasteiger partial charge in [0, 0.05) is 0 Å². The summed E-state index contributed by atoms with van der Waals surface area (Å²) in [6, 6.07) is 0. The molecule has 0 spiro atoms. The van der Waals surface area contributed by atoms with Gasteiger partial charge in [-0.05, 0) is 38.0 Å². The lowest BCUT2D eigenvalue weighted by atomic mass is 9.88. The minimum absolute atomic E-state index is 0.0335. The topological polar surface area (TPSA) is 35.5 Å². The SMILES string of the molecule is O=C(OCCOC1CCCC1)C12C=CC(CC1)C2. The molecule has 2 fully saturated rings. The van der Waals surface area contributed by atoms with Crippen molar-refractivity contribution in [2.45, 2.75) is 51.0 Å². The third-order valence-electron chi connectivity index (χ3n) is 4.65. The summed E-state index contributed by atoms with van der Waals surface area (Å²) in [4.78, 5) is 12.1. The second-order valence-corrected chi connectivity index (χ2v) is 5.93. The molecule has 0 amide bonds. The zero-order chi connectivity index (χ0) is 12.4. The summed E-state index contributed by atoms with van der Waals surface area (Å²) in [5, 5.41) is 0. The van der Waals surface area contributed by atoms with Gasteiger partial charge < -0.3 is 9.47 Å². The molecule has 100 valence electrons. The summed E-state index contributed by atoms with van der Waals surface area (Å²) in [6.07, 6.45) is 12.6. The number of carbonyl (C=O) groups is 1. The van der Waals surface area contributed by atoms with Crippen LogP contribution in [0.2, 0.25) is 0 Å². The van der Waals surface area contributed by atoms with Gasteiger partial charge in [-0.25, -0.2) is 0 Å². The molecule has 3 aliphatic carbocycles. The van der Waals surface area contributed by atoms with Crippen LogP contribution in [-0.4, -0.2) is 25.3 Å². The van der Waals surface area contributed by atoms with Crippen molar-refractivity contribution in [2.24, 2.45) is 11.3 Å². The van der Waals surface area contributed by atoms with Gasteiger partial charge in [0.1, 0.15) is 6.61 Å². The Hall–Kier alpha value is -0.830. The van der Waals surface area contributed by atoms with Gasteiger partial charge in [0.05, 0.1) is 18.1 Å². The van der Waals surface area contributed by atoms with Gasteiger partial charge in [0.25, 0.3) is 0 Å². The molecule has 0 radical (unpaired) electrons. The Morgan fingerprint density at radius 1 is 1.22 bits per heavy atom. The predicted molar refractivity (Wildman–Crippen MR) is 68.1 cm³/mol. The van der Waals surface area contributed by atoms with Crippen LogP contribution in [0.25, 0.3) is 0 Å². The molecular weight excluding hydrogens is 228 g/mol. The van der Waals surface area contributed by atoms with Gasteiger partial charge in [-0.15, -0.1) is 0 Å². The van der Waals surface area contributed by atoms with Crippen LogP contribution >= 0.6 is 0 Å². The highest BCUT2D eigenvalue weighted by Crippen LogP contribution is 2.49. The summed E-state index contributed by atoms with van der Waals surface area (Å²) in [7, 11) is 0. The summed E-state index contributed by atoms with van der Waals surface area (Å²) in [5.41, 5.74) is -0.280. The van der Waals surface area contributed by atoms with Gasteiger partial charge in [0.2, 0.25) is 0 Å². The highest BCUT2D eigenvalue weighted by Gasteiger charge is 2.47. The van der Waals surface area contributed by atoms with E-state index in [1.807, 2.05) is 0 Å². The number of fused-ring (bicyclic) bond motifs is 2. The van der Waals surface area contributed by atoms with Crippen LogP contribution in [0.15, 0.2) is 12.2 Å². The van der Waals surface area contributed by atoms with E-state index in [1.54, 1.807) is 0 Å². The Morgan fingerprint density at radius 3 is 2.67 bits per heavy atom. The van der Waals surface area contributed by atoms with Gasteiger partial charge in [-0.1, -0.05) is 25.0 Å². The third-order valence-corrected chi connectivity index (χ3v) is 4.65. The molecule has 0 saturated heterocycles. The van der Waals surface area contributed by atoms with Crippen LogP contribution in [0.5, 0.6) is 0 Å². The first kappa shape index (κ1) is 12.2. The molecular formula is C15H22O3. The fourth-order valence-electron chi connectivity index (χ4n) is 3.55. The van der Waals surface area contributed by atoms with E-state index < -0.39 is 0 Å². The monoisotopic (exact) mass is 250 g/mol. The van der Waals surface area contributed by atoms with Gasteiger partial charge >= 0.3 is 5.97 Å². The lowest BCUT2D eigenvalue weighted by Crippen LogP contribution is -2.28. The van der Waals surface area contributed by atoms with Crippen molar-refractivity contribution in [3.05, 3.63) is 12.2 Å². The highest BCUT2D eigenvalue weighted by molar-refractivity contribution is 5.80. The predicted octanol–water partition coefficient (Wildman–Crippen LogP) is 2.85. The van der Waals surface area contributed by atoms with Crippen molar-refractivity contribution in [3.63, 3.8) is 0 Å². The fourth-order valence-corrected chi connectivity index (χ4v) is 3.55. The summed E-state index contributed by atoms with van der Waals surface area (Å²) in [6.45, 7) is 0.967. The standard InChI is InChI=1S/C15H22O3/c16-14(15-7-5-12(11-15)6-8-15)18-10-9-17-13-3-1-2-4-13/h5,7,12-13H,1-4,6,8-11H2. The Bertz CT molecular complexity index is 344. The number of allylic oxidation sites excluding steroid dienone is 1. The quantitative estimate of drug-likeness (QED) is 0.427. The molecule has 3 nitrogen and oxygen atoms in total. The maximum atomic E-state index is 12.1. The first-order valence-electron chi connectivity index (χ1n) is 7.27. The molecule has 2 atom stereocenters. The molecule has 2 saturated carbocycles. The molecule has 0 aliphatic heterocycles. The zero-order valence-electron chi connectivity index (χ0n) is 10.9. The number of hydrogen-bond acceptors (Lipinski definition) is 3. The lowest BCUT2D eigenvalue weighted by molar-refractivity contribution is -0.154. The zero-order valence-corrected chi connectivity index (χ0v) is 10.9. The Balaban J connectivity index is 1.38. The molecule has 0 aromatic rings. The molecule has 3 heteroatoms. The molecule has 3 aliphatic rings. The number of rotatable bonds is 5. The van der Waals surface area contributed by atoms with E-state index in [2.05, 4.69) is 12.2 Å². The van der Waals surface area contributed by atoms with Crippen molar-refractivity contribution >= 4 is 5.97 Å². The maximum absolute atomic E-state index is 12.1. The molecule has 2 bridgehead atoms. The van der Waals surface area contributed by atoms with Crippen molar-refractivity contribution in [2.75, 3.05) is 13.2 Å². The van der Waals surface area contributed by atoms with Crippen LogP contribution in [0, 0.1) is 11.3 Å². The number of hydrogen-bond donors (Lipinski definition) is 0. The number of ether oxygens (including phenoxy) is 2. The van der Waals surface area contributed by atoms with E-state index in [9.17, 15) is 4.79 Å². The van der Waals surface area contributed by atoms with E-state index in [1.165, 1.54) is 25.7 Å². The Morgan fingerprint density at radius 2 is 2.06 bits per heavy atom. The van der Waals surface area contributed by atoms with Gasteiger partial charge in [-0.2, -0.15) is 0 Å². The molecule has 0 aromatic heterocycles. The molecule has 0 heterocycles. The van der Waals surface area contributed by atoms with Crippen LogP contribution in [0.4, 0.5) is 0 Å². The average Bonchev–Trinajstić information content (AvgIpc) is 3.10. The van der Waals surface area contributed by atoms with E-state index >= 15 is 0 Å². The van der Waals surface area contributed by atoms with Crippen molar-refractivity contribution in [3.8, 4) is 0 Å². The minimum atomic E-state index is -0.280. The van der Waals surface area contributed by atoms with Gasteiger partial charge in [0.15, 0.2) is 0 Å². The molecule has 0 aromatic carbocycles. The van der Waals surface area contributed by atoms with Crippen molar-refractivity contribution in [1.82, 2.24) is 0 Å². The molecule has 3 rings (SSSR count). The average molecular weight is 250 g/mol. The first-order valence-corrected chi connectivity index (χ1v) is 7.27. The maximum Gasteiger partial charge on any atom is 0.316 e. The molecule has 2 unspecified atom stereocenters. The summed E-state index contributed by atoms with van der Waals surface area (Å²) < 4.78 is 11.1. The molecule has 18 heavy (non-hydrogen) atoms. The van der Waals surface area contributed by atoms with Crippen LogP contribution in [-0.2, 0) is 14.3 Å². The van der Waals surface area contributed by atoms with Crippen LogP contribution in [0.3, 0.4) is 0 Å². The third kappa shape index (κ3) is 2.33.